The fourth-order valence-electron chi connectivity index (χ4n) is 2.01. The molecule has 0 aliphatic heterocycles. The van der Waals surface area contributed by atoms with Gasteiger partial charge in [0.25, 0.3) is 0 Å². The second-order valence-corrected chi connectivity index (χ2v) is 7.17. The highest BCUT2D eigenvalue weighted by atomic mass is 79.9. The van der Waals surface area contributed by atoms with Gasteiger partial charge in [-0.25, -0.2) is 0 Å². The molecule has 1 atom stereocenters. The summed E-state index contributed by atoms with van der Waals surface area (Å²) in [4.78, 5) is 4.65. The highest BCUT2D eigenvalue weighted by Gasteiger charge is 2.12. The van der Waals surface area contributed by atoms with E-state index in [1.807, 2.05) is 18.2 Å². The maximum atomic E-state index is 6.45. The highest BCUT2D eigenvalue weighted by Crippen LogP contribution is 2.31. The molecule has 2 aromatic heterocycles. The quantitative estimate of drug-likeness (QED) is 0.561. The first-order valence-corrected chi connectivity index (χ1v) is 8.06. The minimum absolute atomic E-state index is 0.0313. The molecule has 0 N–H and O–H groups in total. The zero-order valence-electron chi connectivity index (χ0n) is 10.0. The molecule has 3 rings (SSSR count). The number of halogens is 2. The molecule has 2 heterocycles. The van der Waals surface area contributed by atoms with Gasteiger partial charge in [-0.15, -0.1) is 22.9 Å². The van der Waals surface area contributed by atoms with Crippen molar-refractivity contribution in [1.29, 1.82) is 0 Å². The number of fused-ring (bicyclic) bond motifs is 1. The van der Waals surface area contributed by atoms with Crippen molar-refractivity contribution in [2.24, 2.45) is 0 Å². The molecule has 0 saturated carbocycles. The molecule has 1 nitrogen and oxygen atoms in total. The van der Waals surface area contributed by atoms with Crippen LogP contribution in [0.1, 0.15) is 16.6 Å². The molecule has 1 aromatic carbocycles. The highest BCUT2D eigenvalue weighted by molar-refractivity contribution is 9.11. The molecule has 0 radical (unpaired) electrons. The van der Waals surface area contributed by atoms with Crippen molar-refractivity contribution in [2.45, 2.75) is 11.8 Å². The van der Waals surface area contributed by atoms with Gasteiger partial charge in [-0.05, 0) is 45.1 Å². The third-order valence-electron chi connectivity index (χ3n) is 2.99. The first-order valence-electron chi connectivity index (χ1n) is 5.95. The smallest absolute Gasteiger partial charge is 0.0705 e. The molecule has 1 unspecified atom stereocenters. The van der Waals surface area contributed by atoms with Gasteiger partial charge in [-0.1, -0.05) is 24.3 Å². The van der Waals surface area contributed by atoms with Gasteiger partial charge in [0.15, 0.2) is 0 Å². The van der Waals surface area contributed by atoms with Crippen LogP contribution in [-0.2, 0) is 6.42 Å². The van der Waals surface area contributed by atoms with Crippen LogP contribution >= 0.6 is 38.9 Å². The van der Waals surface area contributed by atoms with Crippen molar-refractivity contribution in [2.75, 3.05) is 0 Å². The maximum Gasteiger partial charge on any atom is 0.0705 e. The average Bonchev–Trinajstić information content (AvgIpc) is 2.85. The lowest BCUT2D eigenvalue weighted by Crippen LogP contribution is -1.97. The van der Waals surface area contributed by atoms with Crippen LogP contribution in [0.5, 0.6) is 0 Å². The van der Waals surface area contributed by atoms with Crippen LogP contribution in [0.4, 0.5) is 0 Å². The lowest BCUT2D eigenvalue weighted by atomic mass is 10.1. The molecule has 0 aliphatic carbocycles. The lowest BCUT2D eigenvalue weighted by molar-refractivity contribution is 0.892. The summed E-state index contributed by atoms with van der Waals surface area (Å²) in [5.74, 6) is 0. The van der Waals surface area contributed by atoms with Crippen LogP contribution in [0.15, 0.2) is 51.6 Å². The number of benzene rings is 1. The maximum absolute atomic E-state index is 6.45. The second kappa shape index (κ2) is 5.61. The third kappa shape index (κ3) is 2.99. The first kappa shape index (κ1) is 13.1. The molecular formula is C15H11BrClNS. The summed E-state index contributed by atoms with van der Waals surface area (Å²) in [7, 11) is 0. The fourth-order valence-corrected chi connectivity index (χ4v) is 3.60. The number of nitrogens with zero attached hydrogens (tertiary/aromatic N) is 1. The van der Waals surface area contributed by atoms with Crippen LogP contribution in [0.2, 0.25) is 0 Å². The Morgan fingerprint density at radius 1 is 1.21 bits per heavy atom. The molecular weight excluding hydrogens is 342 g/mol. The fraction of sp³-hybridized carbons (Fsp3) is 0.133. The predicted molar refractivity (Wildman–Crippen MR) is 86.1 cm³/mol. The summed E-state index contributed by atoms with van der Waals surface area (Å²) in [6, 6.07) is 14.4. The predicted octanol–water partition coefficient (Wildman–Crippen LogP) is 5.58. The minimum atomic E-state index is -0.0313. The van der Waals surface area contributed by atoms with E-state index in [1.165, 1.54) is 0 Å². The molecule has 3 aromatic rings. The Morgan fingerprint density at radius 2 is 2.05 bits per heavy atom. The Labute approximate surface area is 129 Å². The van der Waals surface area contributed by atoms with Crippen molar-refractivity contribution < 1.29 is 0 Å². The topological polar surface area (TPSA) is 12.9 Å². The SMILES string of the molecule is ClC(Cc1ccc2ccccc2n1)c1csc(Br)c1. The van der Waals surface area contributed by atoms with Gasteiger partial charge in [-0.2, -0.15) is 0 Å². The number of alkyl halides is 1. The summed E-state index contributed by atoms with van der Waals surface area (Å²) >= 11 is 11.6. The molecule has 0 fully saturated rings. The monoisotopic (exact) mass is 351 g/mol. The normalized spacial score (nSPS) is 12.7. The first-order chi connectivity index (χ1) is 9.22. The van der Waals surface area contributed by atoms with Gasteiger partial charge < -0.3 is 0 Å². The molecule has 19 heavy (non-hydrogen) atoms. The molecule has 4 heteroatoms. The Bertz CT molecular complexity index is 710. The van der Waals surface area contributed by atoms with Gasteiger partial charge in [0.1, 0.15) is 0 Å². The molecule has 0 bridgehead atoms. The van der Waals surface area contributed by atoms with Gasteiger partial charge in [0.05, 0.1) is 14.7 Å². The van der Waals surface area contributed by atoms with E-state index in [2.05, 4.69) is 50.6 Å². The zero-order chi connectivity index (χ0) is 13.2. The average molecular weight is 353 g/mol. The van der Waals surface area contributed by atoms with Crippen molar-refractivity contribution in [3.8, 4) is 0 Å². The van der Waals surface area contributed by atoms with E-state index in [-0.39, 0.29) is 5.38 Å². The standard InChI is InChI=1S/C15H11BrClNS/c16-15-7-11(9-19-15)13(17)8-12-6-5-10-3-1-2-4-14(10)18-12/h1-7,9,13H,8H2. The van der Waals surface area contributed by atoms with Crippen molar-refractivity contribution in [3.05, 3.63) is 62.9 Å². The summed E-state index contributed by atoms with van der Waals surface area (Å²) in [6.45, 7) is 0. The van der Waals surface area contributed by atoms with E-state index in [9.17, 15) is 0 Å². The van der Waals surface area contributed by atoms with Gasteiger partial charge in [0, 0.05) is 17.5 Å². The summed E-state index contributed by atoms with van der Waals surface area (Å²) in [5, 5.41) is 3.22. The Kier molecular flexibility index (Phi) is 3.87. The van der Waals surface area contributed by atoms with Crippen molar-refractivity contribution >= 4 is 49.8 Å². The molecule has 0 amide bonds. The number of hydrogen-bond acceptors (Lipinski definition) is 2. The number of rotatable bonds is 3. The van der Waals surface area contributed by atoms with Crippen LogP contribution in [0.25, 0.3) is 10.9 Å². The minimum Gasteiger partial charge on any atom is -0.253 e. The van der Waals surface area contributed by atoms with E-state index >= 15 is 0 Å². The third-order valence-corrected chi connectivity index (χ3v) is 4.92. The van der Waals surface area contributed by atoms with Crippen molar-refractivity contribution in [3.63, 3.8) is 0 Å². The van der Waals surface area contributed by atoms with Crippen LogP contribution in [0.3, 0.4) is 0 Å². The molecule has 96 valence electrons. The van der Waals surface area contributed by atoms with Crippen molar-refractivity contribution in [1.82, 2.24) is 4.98 Å². The van der Waals surface area contributed by atoms with E-state index in [0.29, 0.717) is 0 Å². The number of pyridine rings is 1. The van der Waals surface area contributed by atoms with Gasteiger partial charge in [-0.3, -0.25) is 4.98 Å². The molecule has 0 spiro atoms. The second-order valence-electron chi connectivity index (χ2n) is 4.35. The Hall–Kier alpha value is -0.900. The summed E-state index contributed by atoms with van der Waals surface area (Å²) < 4.78 is 1.11. The number of aromatic nitrogens is 1. The van der Waals surface area contributed by atoms with E-state index < -0.39 is 0 Å². The Balaban J connectivity index is 1.84. The zero-order valence-corrected chi connectivity index (χ0v) is 13.2. The van der Waals surface area contributed by atoms with Gasteiger partial charge in [0.2, 0.25) is 0 Å². The lowest BCUT2D eigenvalue weighted by Gasteiger charge is -2.08. The number of thiophene rings is 1. The van der Waals surface area contributed by atoms with E-state index in [4.69, 9.17) is 11.6 Å². The summed E-state index contributed by atoms with van der Waals surface area (Å²) in [6.07, 6.45) is 0.746. The largest absolute Gasteiger partial charge is 0.253 e. The van der Waals surface area contributed by atoms with Crippen LogP contribution in [-0.4, -0.2) is 4.98 Å². The summed E-state index contributed by atoms with van der Waals surface area (Å²) in [5.41, 5.74) is 3.20. The van der Waals surface area contributed by atoms with Crippen LogP contribution < -0.4 is 0 Å². The number of para-hydroxylation sites is 1. The molecule has 0 saturated heterocycles. The van der Waals surface area contributed by atoms with Crippen LogP contribution in [0, 0.1) is 0 Å². The number of hydrogen-bond donors (Lipinski definition) is 0. The van der Waals surface area contributed by atoms with Gasteiger partial charge >= 0.3 is 0 Å². The molecule has 0 aliphatic rings. The van der Waals surface area contributed by atoms with E-state index in [0.717, 1.165) is 32.4 Å². The van der Waals surface area contributed by atoms with E-state index in [1.54, 1.807) is 11.3 Å². The Morgan fingerprint density at radius 3 is 2.84 bits per heavy atom.